The summed E-state index contributed by atoms with van der Waals surface area (Å²) in [4.78, 5) is 2.38. The average Bonchev–Trinajstić information content (AvgIpc) is 2.56. The minimum absolute atomic E-state index is 0.354. The number of phenolic OH excluding ortho intramolecular Hbond substituents is 1. The fraction of sp³-hybridized carbons (Fsp3) is 0.400. The predicted octanol–water partition coefficient (Wildman–Crippen LogP) is 2.60. The van der Waals surface area contributed by atoms with E-state index in [1.165, 1.54) is 18.5 Å². The molecule has 2 rings (SSSR count). The number of nitrogens with zero attached hydrogens (tertiary/aromatic N) is 1. The molecule has 1 saturated heterocycles. The van der Waals surface area contributed by atoms with Crippen molar-refractivity contribution < 1.29 is 5.11 Å². The lowest BCUT2D eigenvalue weighted by Gasteiger charge is -2.19. The Labute approximate surface area is 91.7 Å². The van der Waals surface area contributed by atoms with E-state index in [1.807, 2.05) is 12.1 Å². The van der Waals surface area contributed by atoms with Crippen molar-refractivity contribution in [3.05, 3.63) is 21.8 Å². The number of anilines is 1. The molecular weight excluding hydrogens is 277 g/mol. The van der Waals surface area contributed by atoms with Crippen LogP contribution in [0.25, 0.3) is 0 Å². The summed E-state index contributed by atoms with van der Waals surface area (Å²) in [6.07, 6.45) is 2.58. The van der Waals surface area contributed by atoms with Crippen LogP contribution in [0.5, 0.6) is 5.75 Å². The minimum atomic E-state index is 0.354. The van der Waals surface area contributed by atoms with Gasteiger partial charge in [0.15, 0.2) is 0 Å². The molecule has 1 heterocycles. The molecule has 0 bridgehead atoms. The van der Waals surface area contributed by atoms with Crippen LogP contribution in [-0.2, 0) is 0 Å². The summed E-state index contributed by atoms with van der Waals surface area (Å²) >= 11 is 2.27. The molecule has 0 spiro atoms. The highest BCUT2D eigenvalue weighted by atomic mass is 127. The van der Waals surface area contributed by atoms with E-state index in [-0.39, 0.29) is 0 Å². The van der Waals surface area contributed by atoms with Gasteiger partial charge in [0.05, 0.1) is 5.69 Å². The molecule has 1 aromatic carbocycles. The Morgan fingerprint density at radius 1 is 1.23 bits per heavy atom. The Bertz CT molecular complexity index is 308. The Morgan fingerprint density at radius 2 is 1.92 bits per heavy atom. The van der Waals surface area contributed by atoms with Crippen LogP contribution in [0.4, 0.5) is 5.69 Å². The van der Waals surface area contributed by atoms with Gasteiger partial charge < -0.3 is 10.0 Å². The molecule has 0 aromatic heterocycles. The fourth-order valence-corrected chi connectivity index (χ4v) is 2.55. The Balaban J connectivity index is 2.29. The zero-order valence-corrected chi connectivity index (χ0v) is 9.49. The topological polar surface area (TPSA) is 23.5 Å². The number of aromatic hydroxyl groups is 1. The maximum Gasteiger partial charge on any atom is 0.116 e. The fourth-order valence-electron chi connectivity index (χ4n) is 1.71. The maximum absolute atomic E-state index is 9.26. The van der Waals surface area contributed by atoms with Crippen LogP contribution in [0.2, 0.25) is 0 Å². The number of hydrogen-bond acceptors (Lipinski definition) is 2. The van der Waals surface area contributed by atoms with E-state index < -0.39 is 0 Å². The molecule has 0 atom stereocenters. The van der Waals surface area contributed by atoms with Crippen molar-refractivity contribution in [1.29, 1.82) is 0 Å². The minimum Gasteiger partial charge on any atom is -0.508 e. The van der Waals surface area contributed by atoms with Crippen molar-refractivity contribution in [3.8, 4) is 5.75 Å². The molecule has 1 aliphatic heterocycles. The monoisotopic (exact) mass is 289 g/mol. The Morgan fingerprint density at radius 3 is 2.54 bits per heavy atom. The first-order chi connectivity index (χ1) is 6.27. The zero-order valence-electron chi connectivity index (χ0n) is 7.33. The van der Waals surface area contributed by atoms with Crippen LogP contribution in [0.1, 0.15) is 12.8 Å². The van der Waals surface area contributed by atoms with Crippen LogP contribution in [0, 0.1) is 3.57 Å². The molecule has 2 nitrogen and oxygen atoms in total. The second-order valence-corrected chi connectivity index (χ2v) is 4.49. The summed E-state index contributed by atoms with van der Waals surface area (Å²) in [5.41, 5.74) is 1.26. The quantitative estimate of drug-likeness (QED) is 0.803. The van der Waals surface area contributed by atoms with E-state index in [2.05, 4.69) is 27.5 Å². The molecule has 0 unspecified atom stereocenters. The summed E-state index contributed by atoms with van der Waals surface area (Å²) in [5.74, 6) is 0.354. The van der Waals surface area contributed by atoms with Crippen molar-refractivity contribution in [3.63, 3.8) is 0 Å². The lowest BCUT2D eigenvalue weighted by atomic mass is 10.3. The average molecular weight is 289 g/mol. The summed E-state index contributed by atoms with van der Waals surface area (Å²) < 4.78 is 1.14. The third kappa shape index (κ3) is 1.90. The second kappa shape index (κ2) is 3.74. The van der Waals surface area contributed by atoms with Gasteiger partial charge in [-0.25, -0.2) is 0 Å². The van der Waals surface area contributed by atoms with E-state index in [1.54, 1.807) is 6.07 Å². The van der Waals surface area contributed by atoms with Crippen molar-refractivity contribution in [2.45, 2.75) is 12.8 Å². The molecule has 1 aromatic rings. The molecule has 1 aliphatic rings. The maximum atomic E-state index is 9.26. The zero-order chi connectivity index (χ0) is 9.26. The van der Waals surface area contributed by atoms with Gasteiger partial charge in [-0.15, -0.1) is 0 Å². The molecular formula is C10H12INO. The van der Waals surface area contributed by atoms with Crippen molar-refractivity contribution in [2.75, 3.05) is 18.0 Å². The first kappa shape index (κ1) is 9.12. The second-order valence-electron chi connectivity index (χ2n) is 3.33. The smallest absolute Gasteiger partial charge is 0.116 e. The Hall–Kier alpha value is -0.450. The van der Waals surface area contributed by atoms with Crippen LogP contribution >= 0.6 is 22.6 Å². The van der Waals surface area contributed by atoms with Gasteiger partial charge in [-0.05, 0) is 53.6 Å². The van der Waals surface area contributed by atoms with Gasteiger partial charge in [0.25, 0.3) is 0 Å². The number of halogens is 1. The largest absolute Gasteiger partial charge is 0.508 e. The predicted molar refractivity (Wildman–Crippen MR) is 62.3 cm³/mol. The van der Waals surface area contributed by atoms with Crippen LogP contribution < -0.4 is 4.90 Å². The standard InChI is InChI=1S/C10H12INO/c11-9-7-8(13)3-4-10(9)12-5-1-2-6-12/h3-4,7,13H,1-2,5-6H2. The van der Waals surface area contributed by atoms with Gasteiger partial charge in [0, 0.05) is 16.7 Å². The van der Waals surface area contributed by atoms with Crippen LogP contribution in [-0.4, -0.2) is 18.2 Å². The normalized spacial score (nSPS) is 16.5. The lowest BCUT2D eigenvalue weighted by molar-refractivity contribution is 0.475. The molecule has 0 aliphatic carbocycles. The molecule has 0 saturated carbocycles. The van der Waals surface area contributed by atoms with E-state index in [9.17, 15) is 5.11 Å². The summed E-state index contributed by atoms with van der Waals surface area (Å²) in [5, 5.41) is 9.26. The van der Waals surface area contributed by atoms with Gasteiger partial charge in [-0.3, -0.25) is 0 Å². The van der Waals surface area contributed by atoms with Crippen molar-refractivity contribution in [1.82, 2.24) is 0 Å². The van der Waals surface area contributed by atoms with E-state index in [0.717, 1.165) is 16.7 Å². The molecule has 1 fully saturated rings. The highest BCUT2D eigenvalue weighted by molar-refractivity contribution is 14.1. The van der Waals surface area contributed by atoms with E-state index in [0.29, 0.717) is 5.75 Å². The highest BCUT2D eigenvalue weighted by Gasteiger charge is 2.14. The van der Waals surface area contributed by atoms with E-state index in [4.69, 9.17) is 0 Å². The van der Waals surface area contributed by atoms with Gasteiger partial charge in [-0.2, -0.15) is 0 Å². The third-order valence-corrected chi connectivity index (χ3v) is 3.24. The van der Waals surface area contributed by atoms with E-state index >= 15 is 0 Å². The molecule has 1 N–H and O–H groups in total. The molecule has 0 radical (unpaired) electrons. The molecule has 13 heavy (non-hydrogen) atoms. The first-order valence-electron chi connectivity index (χ1n) is 4.51. The molecule has 3 heteroatoms. The first-order valence-corrected chi connectivity index (χ1v) is 5.59. The molecule has 0 amide bonds. The highest BCUT2D eigenvalue weighted by Crippen LogP contribution is 2.28. The van der Waals surface area contributed by atoms with Crippen LogP contribution in [0.15, 0.2) is 18.2 Å². The summed E-state index contributed by atoms with van der Waals surface area (Å²) in [7, 11) is 0. The number of benzene rings is 1. The van der Waals surface area contributed by atoms with Crippen molar-refractivity contribution in [2.24, 2.45) is 0 Å². The lowest BCUT2D eigenvalue weighted by Crippen LogP contribution is -2.18. The summed E-state index contributed by atoms with van der Waals surface area (Å²) in [6.45, 7) is 2.31. The summed E-state index contributed by atoms with van der Waals surface area (Å²) in [6, 6.07) is 5.58. The number of phenols is 1. The van der Waals surface area contributed by atoms with Gasteiger partial charge in [0.1, 0.15) is 5.75 Å². The number of rotatable bonds is 1. The third-order valence-electron chi connectivity index (χ3n) is 2.38. The van der Waals surface area contributed by atoms with Gasteiger partial charge in [-0.1, -0.05) is 0 Å². The molecule has 70 valence electrons. The SMILES string of the molecule is Oc1ccc(N2CCCC2)c(I)c1. The van der Waals surface area contributed by atoms with Gasteiger partial charge >= 0.3 is 0 Å². The van der Waals surface area contributed by atoms with Gasteiger partial charge in [0.2, 0.25) is 0 Å². The van der Waals surface area contributed by atoms with Crippen molar-refractivity contribution >= 4 is 28.3 Å². The number of hydrogen-bond donors (Lipinski definition) is 1. The van der Waals surface area contributed by atoms with Crippen LogP contribution in [0.3, 0.4) is 0 Å². The Kier molecular flexibility index (Phi) is 2.62.